The van der Waals surface area contributed by atoms with Crippen LogP contribution in [-0.2, 0) is 0 Å². The zero-order valence-electron chi connectivity index (χ0n) is 12.3. The van der Waals surface area contributed by atoms with Crippen molar-refractivity contribution in [2.24, 2.45) is 0 Å². The minimum atomic E-state index is -4.23. The van der Waals surface area contributed by atoms with Crippen LogP contribution in [0.3, 0.4) is 0 Å². The predicted molar refractivity (Wildman–Crippen MR) is 90.4 cm³/mol. The molecule has 2 aromatic rings. The van der Waals surface area contributed by atoms with E-state index in [1.807, 2.05) is 30.3 Å². The van der Waals surface area contributed by atoms with Crippen molar-refractivity contribution in [1.82, 2.24) is 0 Å². The topological polar surface area (TPSA) is 0 Å². The SMILES string of the molecule is FC(F)(F)C1CC2=C(C=CCC2)c2ccc3cc(Br)ccc3c21. The molecule has 0 N–H and O–H groups in total. The normalized spacial score (nSPS) is 20.6. The Hall–Kier alpha value is -1.55. The average Bonchev–Trinajstić information content (AvgIpc) is 2.52. The van der Waals surface area contributed by atoms with Gasteiger partial charge in [0.05, 0.1) is 5.92 Å². The van der Waals surface area contributed by atoms with Crippen LogP contribution in [0.5, 0.6) is 0 Å². The van der Waals surface area contributed by atoms with Gasteiger partial charge in [0.15, 0.2) is 0 Å². The van der Waals surface area contributed by atoms with Crippen molar-refractivity contribution in [3.8, 4) is 0 Å². The Morgan fingerprint density at radius 1 is 1.09 bits per heavy atom. The van der Waals surface area contributed by atoms with Crippen LogP contribution < -0.4 is 0 Å². The van der Waals surface area contributed by atoms with E-state index in [2.05, 4.69) is 22.0 Å². The molecule has 1 atom stereocenters. The standard InChI is InChI=1S/C19H14BrF3/c20-13-6-8-15-12(9-13)5-7-16-14-4-2-1-3-11(14)10-17(18(15)16)19(21,22)23/h2,4-9,17H,1,3,10H2. The number of benzene rings is 2. The maximum absolute atomic E-state index is 13.7. The van der Waals surface area contributed by atoms with E-state index < -0.39 is 12.1 Å². The van der Waals surface area contributed by atoms with Gasteiger partial charge in [0.2, 0.25) is 0 Å². The lowest BCUT2D eigenvalue weighted by Gasteiger charge is -2.33. The number of allylic oxidation sites excluding steroid dienone is 4. The molecule has 0 heterocycles. The highest BCUT2D eigenvalue weighted by Crippen LogP contribution is 2.51. The third-order valence-corrected chi connectivity index (χ3v) is 5.28. The largest absolute Gasteiger partial charge is 0.396 e. The fraction of sp³-hybridized carbons (Fsp3) is 0.263. The zero-order chi connectivity index (χ0) is 16.2. The monoisotopic (exact) mass is 378 g/mol. The van der Waals surface area contributed by atoms with Gasteiger partial charge in [-0.2, -0.15) is 13.2 Å². The van der Waals surface area contributed by atoms with Crippen molar-refractivity contribution >= 4 is 32.3 Å². The summed E-state index contributed by atoms with van der Waals surface area (Å²) in [4.78, 5) is 0. The Morgan fingerprint density at radius 2 is 1.91 bits per heavy atom. The molecule has 118 valence electrons. The number of rotatable bonds is 0. The lowest BCUT2D eigenvalue weighted by molar-refractivity contribution is -0.150. The molecular weight excluding hydrogens is 365 g/mol. The van der Waals surface area contributed by atoms with Crippen LogP contribution in [0.25, 0.3) is 16.3 Å². The highest BCUT2D eigenvalue weighted by atomic mass is 79.9. The summed E-state index contributed by atoms with van der Waals surface area (Å²) in [5.41, 5.74) is 3.13. The number of fused-ring (bicyclic) bond motifs is 4. The Balaban J connectivity index is 2.05. The van der Waals surface area contributed by atoms with Crippen LogP contribution in [0.4, 0.5) is 13.2 Å². The van der Waals surface area contributed by atoms with Gasteiger partial charge in [-0.25, -0.2) is 0 Å². The van der Waals surface area contributed by atoms with Gasteiger partial charge in [-0.05, 0) is 58.9 Å². The molecule has 0 aromatic heterocycles. The molecule has 4 heteroatoms. The van der Waals surface area contributed by atoms with E-state index in [1.54, 1.807) is 6.07 Å². The molecular formula is C19H14BrF3. The van der Waals surface area contributed by atoms with Crippen molar-refractivity contribution < 1.29 is 13.2 Å². The molecule has 0 fully saturated rings. The summed E-state index contributed by atoms with van der Waals surface area (Å²) in [5.74, 6) is -1.41. The smallest absolute Gasteiger partial charge is 0.170 e. The van der Waals surface area contributed by atoms with Crippen LogP contribution >= 0.6 is 15.9 Å². The average molecular weight is 379 g/mol. The van der Waals surface area contributed by atoms with Gasteiger partial charge in [-0.3, -0.25) is 0 Å². The van der Waals surface area contributed by atoms with Crippen molar-refractivity contribution in [3.63, 3.8) is 0 Å². The van der Waals surface area contributed by atoms with Crippen molar-refractivity contribution in [3.05, 3.63) is 63.7 Å². The first-order valence-corrected chi connectivity index (χ1v) is 8.42. The highest BCUT2D eigenvalue weighted by molar-refractivity contribution is 9.10. The summed E-state index contributed by atoms with van der Waals surface area (Å²) in [6.45, 7) is 0. The Kier molecular flexibility index (Phi) is 3.41. The first kappa shape index (κ1) is 15.0. The maximum Gasteiger partial charge on any atom is 0.396 e. The highest BCUT2D eigenvalue weighted by Gasteiger charge is 2.45. The third kappa shape index (κ3) is 2.44. The molecule has 2 aliphatic rings. The summed E-state index contributed by atoms with van der Waals surface area (Å²) in [5, 5.41) is 1.55. The lowest BCUT2D eigenvalue weighted by atomic mass is 9.74. The molecule has 0 saturated heterocycles. The molecule has 0 bridgehead atoms. The second-order valence-corrected chi connectivity index (χ2v) is 7.06. The van der Waals surface area contributed by atoms with Crippen LogP contribution in [-0.4, -0.2) is 6.18 Å². The van der Waals surface area contributed by atoms with Gasteiger partial charge < -0.3 is 0 Å². The molecule has 1 unspecified atom stereocenters. The fourth-order valence-corrected chi connectivity index (χ4v) is 4.15. The van der Waals surface area contributed by atoms with Crippen molar-refractivity contribution in [2.75, 3.05) is 0 Å². The van der Waals surface area contributed by atoms with Gasteiger partial charge in [0.25, 0.3) is 0 Å². The van der Waals surface area contributed by atoms with Gasteiger partial charge in [0.1, 0.15) is 0 Å². The number of alkyl halides is 3. The minimum absolute atomic E-state index is 0.0886. The second kappa shape index (κ2) is 5.23. The number of halogens is 4. The maximum atomic E-state index is 13.7. The van der Waals surface area contributed by atoms with E-state index in [9.17, 15) is 13.2 Å². The molecule has 4 rings (SSSR count). The lowest BCUT2D eigenvalue weighted by Crippen LogP contribution is -2.26. The van der Waals surface area contributed by atoms with E-state index in [1.165, 1.54) is 0 Å². The van der Waals surface area contributed by atoms with Crippen LogP contribution in [0.15, 0.2) is 52.5 Å². The minimum Gasteiger partial charge on any atom is -0.170 e. The first-order chi connectivity index (χ1) is 10.9. The molecule has 0 amide bonds. The second-order valence-electron chi connectivity index (χ2n) is 6.15. The third-order valence-electron chi connectivity index (χ3n) is 4.79. The summed E-state index contributed by atoms with van der Waals surface area (Å²) >= 11 is 3.40. The summed E-state index contributed by atoms with van der Waals surface area (Å²) < 4.78 is 42.1. The van der Waals surface area contributed by atoms with Gasteiger partial charge in [-0.15, -0.1) is 0 Å². The number of hydrogen-bond acceptors (Lipinski definition) is 0. The summed E-state index contributed by atoms with van der Waals surface area (Å²) in [7, 11) is 0. The Bertz CT molecular complexity index is 859. The van der Waals surface area contributed by atoms with E-state index in [0.29, 0.717) is 10.9 Å². The molecule has 0 radical (unpaired) electrons. The molecule has 0 saturated carbocycles. The molecule has 0 spiro atoms. The quantitative estimate of drug-likeness (QED) is 0.475. The van der Waals surface area contributed by atoms with E-state index in [-0.39, 0.29) is 6.42 Å². The Morgan fingerprint density at radius 3 is 2.70 bits per heavy atom. The summed E-state index contributed by atoms with van der Waals surface area (Å²) in [6, 6.07) is 9.27. The predicted octanol–water partition coefficient (Wildman–Crippen LogP) is 6.76. The van der Waals surface area contributed by atoms with Gasteiger partial charge in [-0.1, -0.05) is 51.9 Å². The van der Waals surface area contributed by atoms with Crippen LogP contribution in [0.1, 0.15) is 36.3 Å². The molecule has 2 aliphatic carbocycles. The first-order valence-electron chi connectivity index (χ1n) is 7.63. The Labute approximate surface area is 140 Å². The van der Waals surface area contributed by atoms with E-state index in [0.717, 1.165) is 39.4 Å². The van der Waals surface area contributed by atoms with Crippen molar-refractivity contribution in [2.45, 2.75) is 31.4 Å². The van der Waals surface area contributed by atoms with E-state index in [4.69, 9.17) is 0 Å². The zero-order valence-corrected chi connectivity index (χ0v) is 13.8. The van der Waals surface area contributed by atoms with Crippen molar-refractivity contribution in [1.29, 1.82) is 0 Å². The van der Waals surface area contributed by atoms with Crippen LogP contribution in [0, 0.1) is 0 Å². The molecule has 23 heavy (non-hydrogen) atoms. The van der Waals surface area contributed by atoms with Gasteiger partial charge in [0, 0.05) is 4.47 Å². The molecule has 0 aliphatic heterocycles. The summed E-state index contributed by atoms with van der Waals surface area (Å²) in [6.07, 6.45) is 1.48. The molecule has 0 nitrogen and oxygen atoms in total. The fourth-order valence-electron chi connectivity index (χ4n) is 3.77. The number of hydrogen-bond donors (Lipinski definition) is 0. The van der Waals surface area contributed by atoms with E-state index >= 15 is 0 Å². The van der Waals surface area contributed by atoms with Crippen LogP contribution in [0.2, 0.25) is 0 Å². The molecule has 2 aromatic carbocycles. The van der Waals surface area contributed by atoms with Gasteiger partial charge >= 0.3 is 6.18 Å².